The fraction of sp³-hybridized carbons (Fsp3) is 0.500. The molecule has 0 aliphatic carbocycles. The van der Waals surface area contributed by atoms with E-state index >= 15 is 0 Å². The van der Waals surface area contributed by atoms with Crippen molar-refractivity contribution in [2.24, 2.45) is 0 Å². The van der Waals surface area contributed by atoms with Gasteiger partial charge in [0.2, 0.25) is 11.9 Å². The van der Waals surface area contributed by atoms with Crippen LogP contribution in [0.25, 0.3) is 0 Å². The smallest absolute Gasteiger partial charge is 0.222 e. The van der Waals surface area contributed by atoms with E-state index in [2.05, 4.69) is 25.5 Å². The minimum Gasteiger partial charge on any atom is -0.354 e. The summed E-state index contributed by atoms with van der Waals surface area (Å²) in [6.45, 7) is 2.35. The zero-order valence-corrected chi connectivity index (χ0v) is 13.1. The molecule has 0 saturated carbocycles. The Morgan fingerprint density at radius 3 is 3.00 bits per heavy atom. The van der Waals surface area contributed by atoms with Crippen molar-refractivity contribution in [2.75, 3.05) is 25.0 Å². The average molecular weight is 314 g/mol. The van der Waals surface area contributed by atoms with Crippen LogP contribution < -0.4 is 5.32 Å². The highest BCUT2D eigenvalue weighted by Gasteiger charge is 2.25. The van der Waals surface area contributed by atoms with E-state index in [0.717, 1.165) is 38.0 Å². The van der Waals surface area contributed by atoms with E-state index in [-0.39, 0.29) is 5.91 Å². The average Bonchev–Trinajstić information content (AvgIpc) is 3.14. The van der Waals surface area contributed by atoms with Gasteiger partial charge in [0, 0.05) is 56.3 Å². The minimum absolute atomic E-state index is 0.227. The summed E-state index contributed by atoms with van der Waals surface area (Å²) in [5.74, 6) is 1.22. The van der Waals surface area contributed by atoms with E-state index in [1.807, 2.05) is 11.0 Å². The molecule has 1 amide bonds. The molecule has 3 heterocycles. The van der Waals surface area contributed by atoms with Gasteiger partial charge in [0.1, 0.15) is 0 Å². The van der Waals surface area contributed by atoms with Crippen LogP contribution >= 0.6 is 0 Å². The predicted octanol–water partition coefficient (Wildman–Crippen LogP) is 1.80. The number of hydrogen-bond donors (Lipinski definition) is 2. The van der Waals surface area contributed by atoms with Crippen molar-refractivity contribution in [1.82, 2.24) is 25.1 Å². The summed E-state index contributed by atoms with van der Waals surface area (Å²) < 4.78 is 0. The van der Waals surface area contributed by atoms with E-state index in [1.54, 1.807) is 24.7 Å². The van der Waals surface area contributed by atoms with Crippen LogP contribution in [0.1, 0.15) is 37.3 Å². The first kappa shape index (κ1) is 15.5. The number of piperidine rings is 1. The number of hydrogen-bond acceptors (Lipinski definition) is 5. The lowest BCUT2D eigenvalue weighted by atomic mass is 9.94. The van der Waals surface area contributed by atoms with Gasteiger partial charge in [-0.05, 0) is 31.4 Å². The molecule has 23 heavy (non-hydrogen) atoms. The summed E-state index contributed by atoms with van der Waals surface area (Å²) >= 11 is 0. The molecule has 7 nitrogen and oxygen atoms in total. The lowest BCUT2D eigenvalue weighted by Crippen LogP contribution is -2.39. The summed E-state index contributed by atoms with van der Waals surface area (Å²) in [6, 6.07) is 3.78. The van der Waals surface area contributed by atoms with Crippen LogP contribution in [0.5, 0.6) is 0 Å². The lowest BCUT2D eigenvalue weighted by molar-refractivity contribution is -0.132. The van der Waals surface area contributed by atoms with Crippen LogP contribution in [0.2, 0.25) is 0 Å². The molecular weight excluding hydrogens is 292 g/mol. The van der Waals surface area contributed by atoms with Gasteiger partial charge in [-0.15, -0.1) is 0 Å². The Morgan fingerprint density at radius 2 is 2.22 bits per heavy atom. The van der Waals surface area contributed by atoms with Gasteiger partial charge in [-0.1, -0.05) is 0 Å². The molecule has 2 aromatic rings. The van der Waals surface area contributed by atoms with Gasteiger partial charge in [-0.25, -0.2) is 9.97 Å². The zero-order chi connectivity index (χ0) is 15.9. The highest BCUT2D eigenvalue weighted by molar-refractivity contribution is 5.76. The fourth-order valence-electron chi connectivity index (χ4n) is 2.94. The SMILES string of the molecule is O=C(CCCNc1ncccn1)N1CCC[C@H](c2ccn[nH]2)C1. The fourth-order valence-corrected chi connectivity index (χ4v) is 2.94. The molecule has 1 aliphatic heterocycles. The topological polar surface area (TPSA) is 86.8 Å². The maximum Gasteiger partial charge on any atom is 0.222 e. The predicted molar refractivity (Wildman–Crippen MR) is 86.9 cm³/mol. The second kappa shape index (κ2) is 7.71. The van der Waals surface area contributed by atoms with Crippen LogP contribution in [0, 0.1) is 0 Å². The van der Waals surface area contributed by atoms with E-state index in [0.29, 0.717) is 24.8 Å². The minimum atomic E-state index is 0.227. The van der Waals surface area contributed by atoms with Crippen LogP contribution in [0.3, 0.4) is 0 Å². The Bertz CT molecular complexity index is 600. The molecule has 2 N–H and O–H groups in total. The highest BCUT2D eigenvalue weighted by Crippen LogP contribution is 2.25. The molecule has 122 valence electrons. The molecular formula is C16H22N6O. The molecule has 0 aromatic carbocycles. The van der Waals surface area contributed by atoms with E-state index in [9.17, 15) is 4.79 Å². The number of anilines is 1. The summed E-state index contributed by atoms with van der Waals surface area (Å²) in [5, 5.41) is 10.2. The number of H-pyrrole nitrogens is 1. The number of nitrogens with one attached hydrogen (secondary N) is 2. The van der Waals surface area contributed by atoms with Crippen molar-refractivity contribution in [1.29, 1.82) is 0 Å². The van der Waals surface area contributed by atoms with Crippen molar-refractivity contribution in [3.63, 3.8) is 0 Å². The number of nitrogens with zero attached hydrogens (tertiary/aromatic N) is 4. The van der Waals surface area contributed by atoms with Crippen molar-refractivity contribution >= 4 is 11.9 Å². The first-order valence-corrected chi connectivity index (χ1v) is 8.11. The van der Waals surface area contributed by atoms with Crippen molar-refractivity contribution in [2.45, 2.75) is 31.6 Å². The Labute approximate surface area is 135 Å². The molecule has 0 spiro atoms. The standard InChI is InChI=1S/C16H22N6O/c23-15(5-1-7-17-16-18-8-3-9-19-16)22-11-2-4-13(12-22)14-6-10-20-21-14/h3,6,8-10,13H,1-2,4-5,7,11-12H2,(H,20,21)(H,17,18,19)/t13-/m0/s1. The largest absolute Gasteiger partial charge is 0.354 e. The van der Waals surface area contributed by atoms with E-state index < -0.39 is 0 Å². The van der Waals surface area contributed by atoms with Crippen molar-refractivity contribution < 1.29 is 4.79 Å². The number of rotatable bonds is 6. The molecule has 1 atom stereocenters. The second-order valence-corrected chi connectivity index (χ2v) is 5.79. The molecule has 0 bridgehead atoms. The number of likely N-dealkylation sites (tertiary alicyclic amines) is 1. The Morgan fingerprint density at radius 1 is 1.35 bits per heavy atom. The van der Waals surface area contributed by atoms with Crippen molar-refractivity contribution in [3.8, 4) is 0 Å². The third-order valence-electron chi connectivity index (χ3n) is 4.15. The maximum absolute atomic E-state index is 12.4. The lowest BCUT2D eigenvalue weighted by Gasteiger charge is -2.32. The van der Waals surface area contributed by atoms with Crippen LogP contribution in [0.4, 0.5) is 5.95 Å². The third-order valence-corrected chi connectivity index (χ3v) is 4.15. The quantitative estimate of drug-likeness (QED) is 0.794. The highest BCUT2D eigenvalue weighted by atomic mass is 16.2. The number of carbonyl (C=O) groups is 1. The zero-order valence-electron chi connectivity index (χ0n) is 13.1. The van der Waals surface area contributed by atoms with Crippen LogP contribution in [-0.2, 0) is 4.79 Å². The van der Waals surface area contributed by atoms with Gasteiger partial charge in [-0.2, -0.15) is 5.10 Å². The molecule has 1 aliphatic rings. The van der Waals surface area contributed by atoms with Gasteiger partial charge >= 0.3 is 0 Å². The Hall–Kier alpha value is -2.44. The molecule has 1 saturated heterocycles. The maximum atomic E-state index is 12.4. The van der Waals surface area contributed by atoms with Crippen LogP contribution in [-0.4, -0.2) is 50.6 Å². The number of aromatic amines is 1. The first-order valence-electron chi connectivity index (χ1n) is 8.11. The number of carbonyl (C=O) groups excluding carboxylic acids is 1. The molecule has 0 unspecified atom stereocenters. The monoisotopic (exact) mass is 314 g/mol. The van der Waals surface area contributed by atoms with Gasteiger partial charge in [0.25, 0.3) is 0 Å². The molecule has 0 radical (unpaired) electrons. The van der Waals surface area contributed by atoms with Gasteiger partial charge in [0.05, 0.1) is 0 Å². The summed E-state index contributed by atoms with van der Waals surface area (Å²) in [5.41, 5.74) is 1.13. The molecule has 2 aromatic heterocycles. The summed E-state index contributed by atoms with van der Waals surface area (Å²) in [4.78, 5) is 22.5. The van der Waals surface area contributed by atoms with Gasteiger partial charge in [0.15, 0.2) is 0 Å². The van der Waals surface area contributed by atoms with Gasteiger partial charge in [-0.3, -0.25) is 9.89 Å². The van der Waals surface area contributed by atoms with E-state index in [1.165, 1.54) is 0 Å². The second-order valence-electron chi connectivity index (χ2n) is 5.79. The number of amides is 1. The number of aromatic nitrogens is 4. The summed E-state index contributed by atoms with van der Waals surface area (Å²) in [7, 11) is 0. The molecule has 7 heteroatoms. The third kappa shape index (κ3) is 4.28. The Kier molecular flexibility index (Phi) is 5.18. The first-order chi connectivity index (χ1) is 11.3. The molecule has 3 rings (SSSR count). The Balaban J connectivity index is 1.41. The van der Waals surface area contributed by atoms with E-state index in [4.69, 9.17) is 0 Å². The normalized spacial score (nSPS) is 17.9. The van der Waals surface area contributed by atoms with Gasteiger partial charge < -0.3 is 10.2 Å². The van der Waals surface area contributed by atoms with Crippen LogP contribution in [0.15, 0.2) is 30.7 Å². The van der Waals surface area contributed by atoms with Crippen molar-refractivity contribution in [3.05, 3.63) is 36.4 Å². The molecule has 1 fully saturated rings. The summed E-state index contributed by atoms with van der Waals surface area (Å²) in [6.07, 6.45) is 8.66.